The lowest BCUT2D eigenvalue weighted by Gasteiger charge is -2.15. The van der Waals surface area contributed by atoms with Crippen LogP contribution in [-0.2, 0) is 19.4 Å². The van der Waals surface area contributed by atoms with Gasteiger partial charge in [0.2, 0.25) is 0 Å². The minimum Gasteiger partial charge on any atom is -0.449 e. The van der Waals surface area contributed by atoms with E-state index in [-0.39, 0.29) is 10.5 Å². The van der Waals surface area contributed by atoms with E-state index in [9.17, 15) is 26.8 Å². The minimum atomic E-state index is -3.53. The van der Waals surface area contributed by atoms with Crippen LogP contribution in [0, 0.1) is 18.6 Å². The van der Waals surface area contributed by atoms with Crippen LogP contribution < -0.4 is 5.32 Å². The van der Waals surface area contributed by atoms with Crippen molar-refractivity contribution in [2.24, 2.45) is 0 Å². The molecule has 1 amide bonds. The average molecular weight is 397 g/mol. The average Bonchev–Trinajstić information content (AvgIpc) is 2.57. The minimum absolute atomic E-state index is 0.0190. The van der Waals surface area contributed by atoms with Gasteiger partial charge in [-0.1, -0.05) is 6.07 Å². The first kappa shape index (κ1) is 20.5. The highest BCUT2D eigenvalue weighted by Gasteiger charge is 2.22. The molecule has 0 aliphatic heterocycles. The van der Waals surface area contributed by atoms with E-state index in [1.165, 1.54) is 19.1 Å². The van der Waals surface area contributed by atoms with E-state index >= 15 is 0 Å². The largest absolute Gasteiger partial charge is 0.449 e. The number of benzene rings is 2. The Balaban J connectivity index is 2.15. The summed E-state index contributed by atoms with van der Waals surface area (Å²) in [5.41, 5.74) is 0.0452. The molecule has 0 radical (unpaired) electrons. The molecule has 0 bridgehead atoms. The van der Waals surface area contributed by atoms with E-state index in [1.807, 2.05) is 0 Å². The number of rotatable bonds is 5. The lowest BCUT2D eigenvalue weighted by atomic mass is 10.1. The summed E-state index contributed by atoms with van der Waals surface area (Å²) in [6.07, 6.45) is -0.336. The predicted octanol–water partition coefficient (Wildman–Crippen LogP) is 2.86. The maximum Gasteiger partial charge on any atom is 0.339 e. The predicted molar refractivity (Wildman–Crippen MR) is 94.2 cm³/mol. The Bertz CT molecular complexity index is 1000. The van der Waals surface area contributed by atoms with Crippen molar-refractivity contribution in [1.29, 1.82) is 0 Å². The quantitative estimate of drug-likeness (QED) is 0.784. The molecule has 0 saturated carbocycles. The molecule has 2 aromatic rings. The molecular formula is C18H17F2NO5S. The number of halogens is 2. The maximum atomic E-state index is 13.6. The third-order valence-corrected chi connectivity index (χ3v) is 4.81. The van der Waals surface area contributed by atoms with E-state index < -0.39 is 45.1 Å². The second-order valence-corrected chi connectivity index (χ2v) is 7.93. The van der Waals surface area contributed by atoms with Gasteiger partial charge in [0.1, 0.15) is 11.6 Å². The Labute approximate surface area is 155 Å². The van der Waals surface area contributed by atoms with Crippen molar-refractivity contribution in [2.75, 3.05) is 11.6 Å². The number of aryl methyl sites for hydroxylation is 1. The number of amides is 1. The van der Waals surface area contributed by atoms with Crippen LogP contribution in [0.4, 0.5) is 14.5 Å². The number of hydrogen-bond acceptors (Lipinski definition) is 5. The van der Waals surface area contributed by atoms with Crippen molar-refractivity contribution in [3.05, 3.63) is 59.2 Å². The summed E-state index contributed by atoms with van der Waals surface area (Å²) in [4.78, 5) is 24.3. The summed E-state index contributed by atoms with van der Waals surface area (Å²) in [7, 11) is -3.53. The molecule has 2 aromatic carbocycles. The van der Waals surface area contributed by atoms with Crippen molar-refractivity contribution in [3.63, 3.8) is 0 Å². The Morgan fingerprint density at radius 3 is 2.41 bits per heavy atom. The van der Waals surface area contributed by atoms with Gasteiger partial charge in [-0.15, -0.1) is 0 Å². The van der Waals surface area contributed by atoms with E-state index in [2.05, 4.69) is 5.32 Å². The van der Waals surface area contributed by atoms with Gasteiger partial charge in [-0.05, 0) is 43.7 Å². The van der Waals surface area contributed by atoms with Gasteiger partial charge >= 0.3 is 5.97 Å². The van der Waals surface area contributed by atoms with E-state index in [1.54, 1.807) is 6.92 Å². The van der Waals surface area contributed by atoms with Crippen LogP contribution in [0.5, 0.6) is 0 Å². The first-order valence-electron chi connectivity index (χ1n) is 7.76. The number of sulfone groups is 1. The first-order chi connectivity index (χ1) is 12.5. The number of anilines is 1. The molecule has 0 heterocycles. The molecular weight excluding hydrogens is 380 g/mol. The molecule has 1 N–H and O–H groups in total. The fraction of sp³-hybridized carbons (Fsp3) is 0.222. The molecule has 0 aliphatic carbocycles. The fourth-order valence-electron chi connectivity index (χ4n) is 2.16. The topological polar surface area (TPSA) is 89.5 Å². The van der Waals surface area contributed by atoms with Crippen molar-refractivity contribution in [2.45, 2.75) is 24.8 Å². The SMILES string of the molecule is Cc1ccc(S(C)(=O)=O)cc1C(=O)O[C@H](C)C(=O)Nc1cc(F)ccc1F. The third kappa shape index (κ3) is 5.10. The van der Waals surface area contributed by atoms with Gasteiger partial charge in [0.05, 0.1) is 16.1 Å². The molecule has 9 heteroatoms. The standard InChI is InChI=1S/C18H17F2NO5S/c1-10-4-6-13(27(3,24)25)9-14(10)18(23)26-11(2)17(22)21-16-8-12(19)5-7-15(16)20/h4-9,11H,1-3H3,(H,21,22)/t11-/m1/s1. The summed E-state index contributed by atoms with van der Waals surface area (Å²) in [6, 6.07) is 6.49. The number of esters is 1. The summed E-state index contributed by atoms with van der Waals surface area (Å²) in [5.74, 6) is -3.38. The van der Waals surface area contributed by atoms with Gasteiger partial charge < -0.3 is 10.1 Å². The zero-order valence-electron chi connectivity index (χ0n) is 14.7. The monoisotopic (exact) mass is 397 g/mol. The normalized spacial score (nSPS) is 12.3. The molecule has 1 atom stereocenters. The molecule has 0 unspecified atom stereocenters. The van der Waals surface area contributed by atoms with Crippen molar-refractivity contribution in [1.82, 2.24) is 0 Å². The first-order valence-corrected chi connectivity index (χ1v) is 9.66. The van der Waals surface area contributed by atoms with Crippen LogP contribution in [0.15, 0.2) is 41.3 Å². The zero-order valence-corrected chi connectivity index (χ0v) is 15.6. The molecule has 6 nitrogen and oxygen atoms in total. The second kappa shape index (κ2) is 7.83. The van der Waals surface area contributed by atoms with Gasteiger partial charge in [-0.3, -0.25) is 4.79 Å². The third-order valence-electron chi connectivity index (χ3n) is 3.70. The number of carbonyl (C=O) groups is 2. The van der Waals surface area contributed by atoms with Crippen LogP contribution in [0.25, 0.3) is 0 Å². The van der Waals surface area contributed by atoms with E-state index in [0.29, 0.717) is 5.56 Å². The van der Waals surface area contributed by atoms with Crippen LogP contribution in [0.3, 0.4) is 0 Å². The molecule has 27 heavy (non-hydrogen) atoms. The number of nitrogens with one attached hydrogen (secondary N) is 1. The van der Waals surface area contributed by atoms with Crippen LogP contribution in [-0.4, -0.2) is 32.7 Å². The van der Waals surface area contributed by atoms with Crippen LogP contribution in [0.1, 0.15) is 22.8 Å². The van der Waals surface area contributed by atoms with Gasteiger partial charge in [0.25, 0.3) is 5.91 Å². The van der Waals surface area contributed by atoms with Crippen molar-refractivity contribution >= 4 is 27.4 Å². The van der Waals surface area contributed by atoms with Gasteiger partial charge in [-0.25, -0.2) is 22.0 Å². The summed E-state index contributed by atoms with van der Waals surface area (Å²) in [5, 5.41) is 2.13. The van der Waals surface area contributed by atoms with Crippen LogP contribution in [0.2, 0.25) is 0 Å². The Kier molecular flexibility index (Phi) is 5.94. The zero-order chi connectivity index (χ0) is 20.4. The Hall–Kier alpha value is -2.81. The highest BCUT2D eigenvalue weighted by Crippen LogP contribution is 2.19. The van der Waals surface area contributed by atoms with E-state index in [4.69, 9.17) is 4.74 Å². The Morgan fingerprint density at radius 1 is 1.11 bits per heavy atom. The smallest absolute Gasteiger partial charge is 0.339 e. The summed E-state index contributed by atoms with van der Waals surface area (Å²) < 4.78 is 55.0. The highest BCUT2D eigenvalue weighted by molar-refractivity contribution is 7.90. The van der Waals surface area contributed by atoms with Gasteiger partial charge in [0.15, 0.2) is 15.9 Å². The molecule has 144 valence electrons. The van der Waals surface area contributed by atoms with Crippen molar-refractivity contribution < 1.29 is 31.5 Å². The van der Waals surface area contributed by atoms with Crippen molar-refractivity contribution in [3.8, 4) is 0 Å². The Morgan fingerprint density at radius 2 is 1.78 bits per heavy atom. The molecule has 0 spiro atoms. The van der Waals surface area contributed by atoms with Gasteiger partial charge in [-0.2, -0.15) is 0 Å². The molecule has 2 rings (SSSR count). The summed E-state index contributed by atoms with van der Waals surface area (Å²) in [6.45, 7) is 2.83. The molecule has 0 fully saturated rings. The fourth-order valence-corrected chi connectivity index (χ4v) is 2.80. The maximum absolute atomic E-state index is 13.6. The lowest BCUT2D eigenvalue weighted by molar-refractivity contribution is -0.123. The number of ether oxygens (including phenoxy) is 1. The lowest BCUT2D eigenvalue weighted by Crippen LogP contribution is -2.30. The van der Waals surface area contributed by atoms with Crippen LogP contribution >= 0.6 is 0 Å². The molecule has 0 saturated heterocycles. The molecule has 0 aliphatic rings. The summed E-state index contributed by atoms with van der Waals surface area (Å²) >= 11 is 0. The van der Waals surface area contributed by atoms with E-state index in [0.717, 1.165) is 30.5 Å². The number of hydrogen-bond donors (Lipinski definition) is 1. The van der Waals surface area contributed by atoms with Gasteiger partial charge in [0, 0.05) is 12.3 Å². The molecule has 0 aromatic heterocycles. The number of carbonyl (C=O) groups excluding carboxylic acids is 2. The second-order valence-electron chi connectivity index (χ2n) is 5.91. The highest BCUT2D eigenvalue weighted by atomic mass is 32.2.